The SMILES string of the molecule is Cc1nc(N[C@@H](C)c2ccc(OCc3ccc(F)cc3)cc2)nc2c1NC(=O)[C@H](C)N2C. The van der Waals surface area contributed by atoms with Crippen molar-refractivity contribution in [1.29, 1.82) is 0 Å². The lowest BCUT2D eigenvalue weighted by Crippen LogP contribution is -2.44. The molecule has 0 fully saturated rings. The number of fused-ring (bicyclic) bond motifs is 1. The second-order valence-corrected chi connectivity index (χ2v) is 7.96. The Morgan fingerprint density at radius 3 is 2.53 bits per heavy atom. The van der Waals surface area contributed by atoms with Crippen LogP contribution in [0.25, 0.3) is 0 Å². The van der Waals surface area contributed by atoms with Gasteiger partial charge in [0.05, 0.1) is 11.7 Å². The van der Waals surface area contributed by atoms with E-state index in [2.05, 4.69) is 20.6 Å². The molecule has 0 unspecified atom stereocenters. The van der Waals surface area contributed by atoms with Crippen molar-refractivity contribution in [1.82, 2.24) is 9.97 Å². The zero-order valence-electron chi connectivity index (χ0n) is 18.5. The summed E-state index contributed by atoms with van der Waals surface area (Å²) in [5.41, 5.74) is 3.31. The predicted molar refractivity (Wildman–Crippen MR) is 122 cm³/mol. The first-order valence-corrected chi connectivity index (χ1v) is 10.5. The van der Waals surface area contributed by atoms with Crippen molar-refractivity contribution < 1.29 is 13.9 Å². The van der Waals surface area contributed by atoms with E-state index in [1.165, 1.54) is 12.1 Å². The zero-order valence-corrected chi connectivity index (χ0v) is 18.5. The second-order valence-electron chi connectivity index (χ2n) is 7.96. The van der Waals surface area contributed by atoms with Crippen LogP contribution < -0.4 is 20.3 Å². The fraction of sp³-hybridized carbons (Fsp3) is 0.292. The van der Waals surface area contributed by atoms with Gasteiger partial charge in [-0.1, -0.05) is 24.3 Å². The lowest BCUT2D eigenvalue weighted by Gasteiger charge is -2.32. The van der Waals surface area contributed by atoms with Gasteiger partial charge in [0.1, 0.15) is 29.9 Å². The third kappa shape index (κ3) is 4.49. The lowest BCUT2D eigenvalue weighted by atomic mass is 10.1. The maximum Gasteiger partial charge on any atom is 0.246 e. The summed E-state index contributed by atoms with van der Waals surface area (Å²) in [6.45, 7) is 6.09. The highest BCUT2D eigenvalue weighted by atomic mass is 19.1. The average Bonchev–Trinajstić information content (AvgIpc) is 2.78. The standard InChI is InChI=1S/C24H26FN5O2/c1-14(18-7-11-20(12-8-18)32-13-17-5-9-19(25)10-6-17)26-24-27-15(2)21-22(29-24)30(4)16(3)23(31)28-21/h5-12,14,16H,13H2,1-4H3,(H,28,31)(H,26,27,29)/t14-,16-/m0/s1. The molecule has 0 saturated heterocycles. The number of carbonyl (C=O) groups excluding carboxylic acids is 1. The first kappa shape index (κ1) is 21.5. The largest absolute Gasteiger partial charge is 0.489 e. The molecular formula is C24H26FN5O2. The van der Waals surface area contributed by atoms with Crippen molar-refractivity contribution in [2.45, 2.75) is 39.5 Å². The highest BCUT2D eigenvalue weighted by Gasteiger charge is 2.30. The summed E-state index contributed by atoms with van der Waals surface area (Å²) in [4.78, 5) is 23.1. The average molecular weight is 436 g/mol. The Kier molecular flexibility index (Phi) is 5.94. The number of benzene rings is 2. The van der Waals surface area contributed by atoms with Crippen LogP contribution in [0.15, 0.2) is 48.5 Å². The molecule has 2 aromatic carbocycles. The number of aromatic nitrogens is 2. The summed E-state index contributed by atoms with van der Waals surface area (Å²) < 4.78 is 18.8. The summed E-state index contributed by atoms with van der Waals surface area (Å²) in [5, 5.41) is 6.23. The molecule has 2 heterocycles. The Balaban J connectivity index is 1.43. The molecular weight excluding hydrogens is 409 g/mol. The quantitative estimate of drug-likeness (QED) is 0.595. The van der Waals surface area contributed by atoms with Gasteiger partial charge < -0.3 is 20.3 Å². The topological polar surface area (TPSA) is 79.4 Å². The first-order chi connectivity index (χ1) is 15.3. The van der Waals surface area contributed by atoms with Crippen LogP contribution in [0.4, 0.5) is 21.8 Å². The predicted octanol–water partition coefficient (Wildman–Crippen LogP) is 4.45. The first-order valence-electron chi connectivity index (χ1n) is 10.5. The number of likely N-dealkylation sites (N-methyl/N-ethyl adjacent to an activating group) is 1. The molecule has 32 heavy (non-hydrogen) atoms. The van der Waals surface area contributed by atoms with E-state index in [0.29, 0.717) is 29.8 Å². The normalized spacial score (nSPS) is 16.2. The molecule has 7 nitrogen and oxygen atoms in total. The van der Waals surface area contributed by atoms with Gasteiger partial charge in [0, 0.05) is 7.05 Å². The van der Waals surface area contributed by atoms with E-state index >= 15 is 0 Å². The third-order valence-corrected chi connectivity index (χ3v) is 5.66. The molecule has 1 aliphatic heterocycles. The maximum absolute atomic E-state index is 13.0. The van der Waals surface area contributed by atoms with Gasteiger partial charge in [0.15, 0.2) is 5.82 Å². The Morgan fingerprint density at radius 1 is 1.16 bits per heavy atom. The summed E-state index contributed by atoms with van der Waals surface area (Å²) >= 11 is 0. The smallest absolute Gasteiger partial charge is 0.246 e. The number of anilines is 3. The number of nitrogens with one attached hydrogen (secondary N) is 2. The van der Waals surface area contributed by atoms with Gasteiger partial charge in [0.25, 0.3) is 0 Å². The van der Waals surface area contributed by atoms with Crippen LogP contribution >= 0.6 is 0 Å². The van der Waals surface area contributed by atoms with Crippen LogP contribution in [0.5, 0.6) is 5.75 Å². The van der Waals surface area contributed by atoms with Gasteiger partial charge in [-0.15, -0.1) is 0 Å². The Hall–Kier alpha value is -3.68. The van der Waals surface area contributed by atoms with Crippen LogP contribution in [0.2, 0.25) is 0 Å². The number of carbonyl (C=O) groups is 1. The highest BCUT2D eigenvalue weighted by molar-refractivity contribution is 6.03. The van der Waals surface area contributed by atoms with E-state index < -0.39 is 0 Å². The Bertz CT molecular complexity index is 1120. The summed E-state index contributed by atoms with van der Waals surface area (Å²) in [5.74, 6) is 1.60. The number of nitrogens with zero attached hydrogens (tertiary/aromatic N) is 3. The van der Waals surface area contributed by atoms with E-state index in [1.807, 2.05) is 57.0 Å². The molecule has 2 atom stereocenters. The minimum absolute atomic E-state index is 0.0421. The number of hydrogen-bond donors (Lipinski definition) is 2. The van der Waals surface area contributed by atoms with E-state index in [9.17, 15) is 9.18 Å². The van der Waals surface area contributed by atoms with Gasteiger partial charge in [-0.25, -0.2) is 9.37 Å². The minimum Gasteiger partial charge on any atom is -0.489 e. The van der Waals surface area contributed by atoms with Crippen LogP contribution in [0.3, 0.4) is 0 Å². The van der Waals surface area contributed by atoms with Crippen LogP contribution in [0, 0.1) is 12.7 Å². The van der Waals surface area contributed by atoms with Gasteiger partial charge in [-0.2, -0.15) is 4.98 Å². The summed E-state index contributed by atoms with van der Waals surface area (Å²) in [6, 6.07) is 13.7. The molecule has 1 amide bonds. The van der Waals surface area contributed by atoms with Gasteiger partial charge in [0.2, 0.25) is 11.9 Å². The van der Waals surface area contributed by atoms with Crippen molar-refractivity contribution in [3.8, 4) is 5.75 Å². The van der Waals surface area contributed by atoms with Crippen molar-refractivity contribution in [2.75, 3.05) is 22.6 Å². The molecule has 1 aliphatic rings. The number of aryl methyl sites for hydroxylation is 1. The highest BCUT2D eigenvalue weighted by Crippen LogP contribution is 2.32. The van der Waals surface area contributed by atoms with Crippen LogP contribution in [0.1, 0.15) is 36.7 Å². The number of ether oxygens (including phenoxy) is 1. The molecule has 0 saturated carbocycles. The maximum atomic E-state index is 13.0. The summed E-state index contributed by atoms with van der Waals surface area (Å²) in [6.07, 6.45) is 0. The van der Waals surface area contributed by atoms with Crippen LogP contribution in [-0.4, -0.2) is 29.0 Å². The van der Waals surface area contributed by atoms with E-state index in [4.69, 9.17) is 4.74 Å². The Morgan fingerprint density at radius 2 is 1.84 bits per heavy atom. The molecule has 1 aromatic heterocycles. The Labute approximate surface area is 186 Å². The van der Waals surface area contributed by atoms with Crippen molar-refractivity contribution in [2.24, 2.45) is 0 Å². The third-order valence-electron chi connectivity index (χ3n) is 5.66. The fourth-order valence-electron chi connectivity index (χ4n) is 3.49. The van der Waals surface area contributed by atoms with Gasteiger partial charge in [-0.3, -0.25) is 4.79 Å². The fourth-order valence-corrected chi connectivity index (χ4v) is 3.49. The zero-order chi connectivity index (χ0) is 22.8. The van der Waals surface area contributed by atoms with Crippen molar-refractivity contribution in [3.63, 3.8) is 0 Å². The molecule has 0 bridgehead atoms. The minimum atomic E-state index is -0.301. The molecule has 166 valence electrons. The lowest BCUT2D eigenvalue weighted by molar-refractivity contribution is -0.117. The van der Waals surface area contributed by atoms with Gasteiger partial charge in [-0.05, 0) is 56.2 Å². The number of rotatable bonds is 6. The van der Waals surface area contributed by atoms with Crippen molar-refractivity contribution in [3.05, 3.63) is 71.2 Å². The molecule has 2 N–H and O–H groups in total. The molecule has 0 spiro atoms. The van der Waals surface area contributed by atoms with E-state index in [0.717, 1.165) is 16.9 Å². The van der Waals surface area contributed by atoms with Crippen LogP contribution in [-0.2, 0) is 11.4 Å². The summed E-state index contributed by atoms with van der Waals surface area (Å²) in [7, 11) is 1.85. The van der Waals surface area contributed by atoms with E-state index in [-0.39, 0.29) is 23.8 Å². The van der Waals surface area contributed by atoms with E-state index in [1.54, 1.807) is 12.1 Å². The second kappa shape index (κ2) is 8.82. The van der Waals surface area contributed by atoms with Gasteiger partial charge >= 0.3 is 0 Å². The molecule has 0 aliphatic carbocycles. The molecule has 3 aromatic rings. The van der Waals surface area contributed by atoms with Crippen molar-refractivity contribution >= 4 is 23.4 Å². The number of halogens is 1. The molecule has 8 heteroatoms. The molecule has 4 rings (SSSR count). The number of amides is 1. The monoisotopic (exact) mass is 435 g/mol. The number of hydrogen-bond acceptors (Lipinski definition) is 6. The molecule has 0 radical (unpaired) electrons.